The lowest BCUT2D eigenvalue weighted by Gasteiger charge is -2.34. The Morgan fingerprint density at radius 2 is 1.61 bits per heavy atom. The minimum absolute atomic E-state index is 0.0554. The standard InChI is InChI=1S/C22H20Cl2N4O3/c23-17-5-7-18(8-6-17)31-15-21(29)26-9-11-27(12-10-26)22(30)16-13-25-28(14-16)20-4-2-1-3-19(20)24/h1-8,13-14H,9-12,15H2. The summed E-state index contributed by atoms with van der Waals surface area (Å²) in [6, 6.07) is 14.1. The summed E-state index contributed by atoms with van der Waals surface area (Å²) in [5.74, 6) is 0.346. The summed E-state index contributed by atoms with van der Waals surface area (Å²) in [4.78, 5) is 28.7. The van der Waals surface area contributed by atoms with Crippen LogP contribution in [-0.2, 0) is 4.79 Å². The molecule has 0 atom stereocenters. The predicted molar refractivity (Wildman–Crippen MR) is 118 cm³/mol. The van der Waals surface area contributed by atoms with Crippen molar-refractivity contribution in [2.24, 2.45) is 0 Å². The molecular weight excluding hydrogens is 439 g/mol. The van der Waals surface area contributed by atoms with Crippen LogP contribution in [0.25, 0.3) is 5.69 Å². The van der Waals surface area contributed by atoms with E-state index >= 15 is 0 Å². The molecule has 0 bridgehead atoms. The molecule has 3 aromatic rings. The Hall–Kier alpha value is -3.03. The Balaban J connectivity index is 1.30. The molecule has 9 heteroatoms. The zero-order chi connectivity index (χ0) is 21.8. The summed E-state index contributed by atoms with van der Waals surface area (Å²) < 4.78 is 7.11. The first kappa shape index (κ1) is 21.2. The number of para-hydroxylation sites is 1. The first-order valence-electron chi connectivity index (χ1n) is 9.76. The number of carbonyl (C=O) groups excluding carboxylic acids is 2. The lowest BCUT2D eigenvalue weighted by atomic mass is 10.2. The van der Waals surface area contributed by atoms with Crippen molar-refractivity contribution in [2.45, 2.75) is 0 Å². The van der Waals surface area contributed by atoms with Gasteiger partial charge in [-0.25, -0.2) is 4.68 Å². The molecule has 2 aromatic carbocycles. The molecule has 1 fully saturated rings. The number of hydrogen-bond acceptors (Lipinski definition) is 4. The third-order valence-corrected chi connectivity index (χ3v) is 5.60. The van der Waals surface area contributed by atoms with Crippen molar-refractivity contribution in [3.05, 3.63) is 76.5 Å². The number of ether oxygens (including phenoxy) is 1. The van der Waals surface area contributed by atoms with Crippen molar-refractivity contribution >= 4 is 35.0 Å². The third-order valence-electron chi connectivity index (χ3n) is 5.02. The van der Waals surface area contributed by atoms with Gasteiger partial charge in [-0.1, -0.05) is 35.3 Å². The fraction of sp³-hybridized carbons (Fsp3) is 0.227. The predicted octanol–water partition coefficient (Wildman–Crippen LogP) is 3.54. The first-order valence-corrected chi connectivity index (χ1v) is 10.5. The first-order chi connectivity index (χ1) is 15.0. The topological polar surface area (TPSA) is 67.7 Å². The molecular formula is C22H20Cl2N4O3. The molecule has 1 aliphatic heterocycles. The zero-order valence-electron chi connectivity index (χ0n) is 16.6. The molecule has 7 nitrogen and oxygen atoms in total. The van der Waals surface area contributed by atoms with Crippen LogP contribution in [-0.4, -0.2) is 64.2 Å². The minimum Gasteiger partial charge on any atom is -0.484 e. The number of hydrogen-bond donors (Lipinski definition) is 0. The number of rotatable bonds is 5. The number of nitrogens with zero attached hydrogens (tertiary/aromatic N) is 4. The Labute approximate surface area is 189 Å². The molecule has 0 spiro atoms. The second-order valence-corrected chi connectivity index (χ2v) is 7.88. The number of benzene rings is 2. The fourth-order valence-corrected chi connectivity index (χ4v) is 3.66. The highest BCUT2D eigenvalue weighted by molar-refractivity contribution is 6.32. The van der Waals surface area contributed by atoms with E-state index in [9.17, 15) is 9.59 Å². The molecule has 4 rings (SSSR count). The van der Waals surface area contributed by atoms with Crippen LogP contribution in [0.15, 0.2) is 60.9 Å². The van der Waals surface area contributed by atoms with Crippen LogP contribution in [0.1, 0.15) is 10.4 Å². The molecule has 0 radical (unpaired) electrons. The van der Waals surface area contributed by atoms with Crippen molar-refractivity contribution in [1.82, 2.24) is 19.6 Å². The van der Waals surface area contributed by atoms with Gasteiger partial charge in [0.15, 0.2) is 6.61 Å². The number of aromatic nitrogens is 2. The average Bonchev–Trinajstić information content (AvgIpc) is 3.28. The van der Waals surface area contributed by atoms with Gasteiger partial charge in [-0.3, -0.25) is 9.59 Å². The maximum Gasteiger partial charge on any atom is 0.260 e. The van der Waals surface area contributed by atoms with Gasteiger partial charge < -0.3 is 14.5 Å². The van der Waals surface area contributed by atoms with Gasteiger partial charge in [0.05, 0.1) is 22.5 Å². The van der Waals surface area contributed by atoms with Crippen molar-refractivity contribution in [2.75, 3.05) is 32.8 Å². The summed E-state index contributed by atoms with van der Waals surface area (Å²) in [6.07, 6.45) is 3.20. The summed E-state index contributed by atoms with van der Waals surface area (Å²) in [7, 11) is 0. The lowest BCUT2D eigenvalue weighted by molar-refractivity contribution is -0.134. The molecule has 0 N–H and O–H groups in total. The van der Waals surface area contributed by atoms with E-state index < -0.39 is 0 Å². The van der Waals surface area contributed by atoms with Crippen molar-refractivity contribution in [1.29, 1.82) is 0 Å². The average molecular weight is 459 g/mol. The second-order valence-electron chi connectivity index (χ2n) is 7.04. The number of piperazine rings is 1. The summed E-state index contributed by atoms with van der Waals surface area (Å²) in [5, 5.41) is 5.42. The van der Waals surface area contributed by atoms with Gasteiger partial charge in [-0.05, 0) is 36.4 Å². The molecule has 0 aliphatic carbocycles. The highest BCUT2D eigenvalue weighted by atomic mass is 35.5. The SMILES string of the molecule is O=C(COc1ccc(Cl)cc1)N1CCN(C(=O)c2cnn(-c3ccccc3Cl)c2)CC1. The molecule has 2 amide bonds. The van der Waals surface area contributed by atoms with E-state index in [1.807, 2.05) is 18.2 Å². The molecule has 0 unspecified atom stereocenters. The molecule has 1 aromatic heterocycles. The monoisotopic (exact) mass is 458 g/mol. The van der Waals surface area contributed by atoms with E-state index in [2.05, 4.69) is 5.10 Å². The zero-order valence-corrected chi connectivity index (χ0v) is 18.1. The number of carbonyl (C=O) groups is 2. The molecule has 0 saturated carbocycles. The summed E-state index contributed by atoms with van der Waals surface area (Å²) >= 11 is 12.0. The lowest BCUT2D eigenvalue weighted by Crippen LogP contribution is -2.51. The minimum atomic E-state index is -0.122. The Kier molecular flexibility index (Phi) is 6.44. The van der Waals surface area contributed by atoms with Crippen molar-refractivity contribution in [3.8, 4) is 11.4 Å². The van der Waals surface area contributed by atoms with Crippen LogP contribution in [0.3, 0.4) is 0 Å². The highest BCUT2D eigenvalue weighted by Gasteiger charge is 2.26. The van der Waals surface area contributed by atoms with E-state index in [1.165, 1.54) is 6.20 Å². The van der Waals surface area contributed by atoms with E-state index in [0.29, 0.717) is 53.2 Å². The summed E-state index contributed by atoms with van der Waals surface area (Å²) in [6.45, 7) is 1.74. The van der Waals surface area contributed by atoms with E-state index in [4.69, 9.17) is 27.9 Å². The maximum absolute atomic E-state index is 12.8. The normalized spacial score (nSPS) is 13.9. The van der Waals surface area contributed by atoms with Crippen LogP contribution < -0.4 is 4.74 Å². The maximum atomic E-state index is 12.8. The van der Waals surface area contributed by atoms with Gasteiger partial charge in [0.1, 0.15) is 5.75 Å². The fourth-order valence-electron chi connectivity index (χ4n) is 3.31. The van der Waals surface area contributed by atoms with Gasteiger partial charge in [0.2, 0.25) is 0 Å². The van der Waals surface area contributed by atoms with Crippen LogP contribution in [0.4, 0.5) is 0 Å². The molecule has 2 heterocycles. The van der Waals surface area contributed by atoms with Gasteiger partial charge in [-0.2, -0.15) is 5.10 Å². The van der Waals surface area contributed by atoms with E-state index in [0.717, 1.165) is 0 Å². The van der Waals surface area contributed by atoms with Gasteiger partial charge in [0.25, 0.3) is 11.8 Å². The largest absolute Gasteiger partial charge is 0.484 e. The van der Waals surface area contributed by atoms with Crippen molar-refractivity contribution < 1.29 is 14.3 Å². The van der Waals surface area contributed by atoms with Crippen LogP contribution in [0.2, 0.25) is 10.0 Å². The highest BCUT2D eigenvalue weighted by Crippen LogP contribution is 2.20. The van der Waals surface area contributed by atoms with Crippen molar-refractivity contribution in [3.63, 3.8) is 0 Å². The number of halogens is 2. The molecule has 1 saturated heterocycles. The Morgan fingerprint density at radius 1 is 0.935 bits per heavy atom. The molecule has 31 heavy (non-hydrogen) atoms. The third kappa shape index (κ3) is 5.00. The summed E-state index contributed by atoms with van der Waals surface area (Å²) in [5.41, 5.74) is 1.19. The van der Waals surface area contributed by atoms with Crippen LogP contribution in [0.5, 0.6) is 5.75 Å². The van der Waals surface area contributed by atoms with Crippen LogP contribution >= 0.6 is 23.2 Å². The Bertz CT molecular complexity index is 1080. The number of amides is 2. The van der Waals surface area contributed by atoms with E-state index in [1.54, 1.807) is 51.0 Å². The smallest absolute Gasteiger partial charge is 0.260 e. The van der Waals surface area contributed by atoms with Gasteiger partial charge >= 0.3 is 0 Å². The molecule has 1 aliphatic rings. The van der Waals surface area contributed by atoms with Gasteiger partial charge in [-0.15, -0.1) is 0 Å². The van der Waals surface area contributed by atoms with Gasteiger partial charge in [0, 0.05) is 37.4 Å². The van der Waals surface area contributed by atoms with Crippen LogP contribution in [0, 0.1) is 0 Å². The molecule has 160 valence electrons. The van der Waals surface area contributed by atoms with E-state index in [-0.39, 0.29) is 18.4 Å². The Morgan fingerprint density at radius 3 is 2.32 bits per heavy atom. The second kappa shape index (κ2) is 9.41. The quantitative estimate of drug-likeness (QED) is 0.586.